The average Bonchev–Trinajstić information content (AvgIpc) is 2.50. The van der Waals surface area contributed by atoms with Crippen LogP contribution in [0.15, 0.2) is 24.3 Å². The molecule has 1 aliphatic rings. The minimum atomic E-state index is -0.519. The van der Waals surface area contributed by atoms with Crippen LogP contribution < -0.4 is 4.74 Å². The maximum Gasteiger partial charge on any atom is 0.316 e. The first-order valence-electron chi connectivity index (χ1n) is 6.62. The molecule has 3 nitrogen and oxygen atoms in total. The van der Waals surface area contributed by atoms with Crippen LogP contribution in [0.5, 0.6) is 5.75 Å². The fourth-order valence-corrected chi connectivity index (χ4v) is 1.99. The summed E-state index contributed by atoms with van der Waals surface area (Å²) in [4.78, 5) is 11.9. The van der Waals surface area contributed by atoms with E-state index in [-0.39, 0.29) is 5.97 Å². The van der Waals surface area contributed by atoms with E-state index < -0.39 is 5.41 Å². The molecule has 1 aromatic rings. The van der Waals surface area contributed by atoms with Crippen molar-refractivity contribution in [3.05, 3.63) is 35.4 Å². The van der Waals surface area contributed by atoms with Gasteiger partial charge < -0.3 is 9.84 Å². The van der Waals surface area contributed by atoms with Gasteiger partial charge in [-0.25, -0.2) is 0 Å². The van der Waals surface area contributed by atoms with Gasteiger partial charge in [-0.1, -0.05) is 0 Å². The molecule has 1 N–H and O–H groups in total. The van der Waals surface area contributed by atoms with Gasteiger partial charge in [-0.3, -0.25) is 4.79 Å². The van der Waals surface area contributed by atoms with Crippen LogP contribution in [0.3, 0.4) is 0 Å². The molecule has 0 spiro atoms. The van der Waals surface area contributed by atoms with Crippen molar-refractivity contribution in [3.63, 3.8) is 0 Å². The Kier molecular flexibility index (Phi) is 3.65. The van der Waals surface area contributed by atoms with Crippen LogP contribution in [0.1, 0.15) is 44.7 Å². The monoisotopic (exact) mass is 260 g/mol. The normalized spacial score (nSPS) is 15.2. The molecule has 19 heavy (non-hydrogen) atoms. The lowest BCUT2D eigenvalue weighted by molar-refractivity contribution is -0.142. The van der Waals surface area contributed by atoms with Gasteiger partial charge >= 0.3 is 5.97 Å². The first-order chi connectivity index (χ1) is 8.88. The summed E-state index contributed by atoms with van der Waals surface area (Å²) < 4.78 is 5.38. The number of allylic oxidation sites excluding steroid dienone is 1. The zero-order chi connectivity index (χ0) is 14.0. The van der Waals surface area contributed by atoms with Crippen molar-refractivity contribution in [1.82, 2.24) is 0 Å². The second-order valence-corrected chi connectivity index (χ2v) is 5.94. The van der Waals surface area contributed by atoms with Crippen molar-refractivity contribution in [1.29, 1.82) is 0 Å². The number of esters is 1. The Labute approximate surface area is 113 Å². The summed E-state index contributed by atoms with van der Waals surface area (Å²) in [6.07, 6.45) is 4.59. The van der Waals surface area contributed by atoms with Gasteiger partial charge in [-0.2, -0.15) is 0 Å². The number of aryl methyl sites for hydroxylation is 1. The number of hydrogen-bond donors (Lipinski definition) is 1. The number of carbonyl (C=O) groups excluding carboxylic acids is 1. The van der Waals surface area contributed by atoms with Crippen molar-refractivity contribution in [3.8, 4) is 5.75 Å². The number of fused-ring (bicyclic) bond motifs is 1. The van der Waals surface area contributed by atoms with Crippen LogP contribution >= 0.6 is 0 Å². The quantitative estimate of drug-likeness (QED) is 0.616. The molecule has 0 radical (unpaired) electrons. The van der Waals surface area contributed by atoms with E-state index in [1.165, 1.54) is 0 Å². The summed E-state index contributed by atoms with van der Waals surface area (Å²) in [5, 5.41) is 9.90. The minimum absolute atomic E-state index is 0.249. The first-order valence-corrected chi connectivity index (χ1v) is 6.62. The van der Waals surface area contributed by atoms with Crippen LogP contribution in [-0.4, -0.2) is 11.1 Å². The number of carbonyl (C=O) groups is 1. The Balaban J connectivity index is 2.25. The molecule has 0 atom stereocenters. The Morgan fingerprint density at radius 3 is 2.74 bits per heavy atom. The number of rotatable bonds is 1. The Hall–Kier alpha value is -1.77. The zero-order valence-corrected chi connectivity index (χ0v) is 11.7. The molecule has 0 heterocycles. The molecule has 0 aliphatic heterocycles. The standard InChI is InChI=1S/C16H20O3/c1-16(2,3)15(18)19-12-8-9-13-11(10-12)6-4-5-7-14(13)17/h7-10,17H,4-6H2,1-3H3. The number of ether oxygens (including phenoxy) is 1. The van der Waals surface area contributed by atoms with E-state index in [1.807, 2.05) is 39.0 Å². The SMILES string of the molecule is CC(C)(C)C(=O)Oc1ccc2c(c1)CCCC=C2O. The van der Waals surface area contributed by atoms with Gasteiger partial charge in [0, 0.05) is 5.56 Å². The molecule has 0 unspecified atom stereocenters. The van der Waals surface area contributed by atoms with E-state index >= 15 is 0 Å². The molecule has 0 bridgehead atoms. The highest BCUT2D eigenvalue weighted by molar-refractivity contribution is 5.78. The predicted octanol–water partition coefficient (Wildman–Crippen LogP) is 3.87. The molecule has 0 saturated carbocycles. The summed E-state index contributed by atoms with van der Waals surface area (Å²) >= 11 is 0. The lowest BCUT2D eigenvalue weighted by atomic mass is 9.97. The third kappa shape index (κ3) is 3.16. The highest BCUT2D eigenvalue weighted by atomic mass is 16.5. The summed E-state index contributed by atoms with van der Waals surface area (Å²) in [6.45, 7) is 5.48. The minimum Gasteiger partial charge on any atom is -0.508 e. The lowest BCUT2D eigenvalue weighted by Gasteiger charge is -2.17. The smallest absolute Gasteiger partial charge is 0.316 e. The highest BCUT2D eigenvalue weighted by Gasteiger charge is 2.24. The Morgan fingerprint density at radius 1 is 1.32 bits per heavy atom. The molecular weight excluding hydrogens is 240 g/mol. The van der Waals surface area contributed by atoms with Gasteiger partial charge in [0.25, 0.3) is 0 Å². The van der Waals surface area contributed by atoms with E-state index in [0.29, 0.717) is 11.5 Å². The van der Waals surface area contributed by atoms with Crippen LogP contribution in [-0.2, 0) is 11.2 Å². The van der Waals surface area contributed by atoms with Crippen LogP contribution in [0.25, 0.3) is 5.76 Å². The molecule has 0 amide bonds. The largest absolute Gasteiger partial charge is 0.508 e. The number of benzene rings is 1. The van der Waals surface area contributed by atoms with E-state index in [1.54, 1.807) is 6.07 Å². The van der Waals surface area contributed by atoms with E-state index in [2.05, 4.69) is 0 Å². The second-order valence-electron chi connectivity index (χ2n) is 5.94. The maximum atomic E-state index is 11.9. The van der Waals surface area contributed by atoms with Crippen molar-refractivity contribution < 1.29 is 14.6 Å². The molecule has 3 heteroatoms. The third-order valence-corrected chi connectivity index (χ3v) is 3.16. The number of aliphatic hydroxyl groups excluding tert-OH is 1. The van der Waals surface area contributed by atoms with E-state index in [4.69, 9.17) is 4.74 Å². The summed E-state index contributed by atoms with van der Waals surface area (Å²) in [7, 11) is 0. The zero-order valence-electron chi connectivity index (χ0n) is 11.7. The van der Waals surface area contributed by atoms with Crippen LogP contribution in [0.2, 0.25) is 0 Å². The highest BCUT2D eigenvalue weighted by Crippen LogP contribution is 2.28. The molecule has 0 aromatic heterocycles. The molecule has 1 aromatic carbocycles. The average molecular weight is 260 g/mol. The van der Waals surface area contributed by atoms with Gasteiger partial charge in [-0.05, 0) is 69.9 Å². The topological polar surface area (TPSA) is 46.5 Å². The molecular formula is C16H20O3. The fourth-order valence-electron chi connectivity index (χ4n) is 1.99. The summed E-state index contributed by atoms with van der Waals surface area (Å²) in [5.74, 6) is 0.621. The van der Waals surface area contributed by atoms with E-state index in [0.717, 1.165) is 30.4 Å². The van der Waals surface area contributed by atoms with Crippen LogP contribution in [0, 0.1) is 5.41 Å². The first kappa shape index (κ1) is 13.7. The Morgan fingerprint density at radius 2 is 2.05 bits per heavy atom. The van der Waals surface area contributed by atoms with Gasteiger partial charge in [0.15, 0.2) is 0 Å². The lowest BCUT2D eigenvalue weighted by Crippen LogP contribution is -2.25. The van der Waals surface area contributed by atoms with Gasteiger partial charge in [-0.15, -0.1) is 0 Å². The van der Waals surface area contributed by atoms with Gasteiger partial charge in [0.2, 0.25) is 0 Å². The molecule has 2 rings (SSSR count). The van der Waals surface area contributed by atoms with Crippen molar-refractivity contribution in [2.24, 2.45) is 5.41 Å². The number of hydrogen-bond acceptors (Lipinski definition) is 3. The third-order valence-electron chi connectivity index (χ3n) is 3.16. The summed E-state index contributed by atoms with van der Waals surface area (Å²) in [5.41, 5.74) is 1.35. The molecule has 1 aliphatic carbocycles. The predicted molar refractivity (Wildman–Crippen MR) is 75.1 cm³/mol. The van der Waals surface area contributed by atoms with Crippen molar-refractivity contribution in [2.45, 2.75) is 40.0 Å². The molecule has 102 valence electrons. The van der Waals surface area contributed by atoms with Gasteiger partial charge in [0.05, 0.1) is 5.41 Å². The van der Waals surface area contributed by atoms with Crippen molar-refractivity contribution >= 4 is 11.7 Å². The maximum absolute atomic E-state index is 11.9. The van der Waals surface area contributed by atoms with E-state index in [9.17, 15) is 9.90 Å². The fraction of sp³-hybridized carbons (Fsp3) is 0.438. The summed E-state index contributed by atoms with van der Waals surface area (Å²) in [6, 6.07) is 5.41. The van der Waals surface area contributed by atoms with Crippen molar-refractivity contribution in [2.75, 3.05) is 0 Å². The second kappa shape index (κ2) is 5.08. The molecule has 0 saturated heterocycles. The Bertz CT molecular complexity index is 521. The van der Waals surface area contributed by atoms with Gasteiger partial charge in [0.1, 0.15) is 11.5 Å². The molecule has 0 fully saturated rings. The number of aliphatic hydroxyl groups is 1. The van der Waals surface area contributed by atoms with Crippen LogP contribution in [0.4, 0.5) is 0 Å².